The number of hydrogen-bond donors (Lipinski definition) is 0. The Morgan fingerprint density at radius 2 is 1.92 bits per heavy atom. The van der Waals surface area contributed by atoms with Gasteiger partial charge in [-0.3, -0.25) is 4.98 Å². The summed E-state index contributed by atoms with van der Waals surface area (Å²) in [6, 6.07) is 10.4. The van der Waals surface area contributed by atoms with Gasteiger partial charge in [0.05, 0.1) is 5.52 Å². The third kappa shape index (κ3) is 1.57. The molecule has 0 atom stereocenters. The molecule has 0 unspecified atom stereocenters. The largest absolute Gasteiger partial charge is 0.257 e. The summed E-state index contributed by atoms with van der Waals surface area (Å²) in [5.41, 5.74) is 2.38. The van der Waals surface area contributed by atoms with Crippen LogP contribution in [0.4, 0.5) is 0 Å². The van der Waals surface area contributed by atoms with Gasteiger partial charge in [0.1, 0.15) is 0 Å². The summed E-state index contributed by atoms with van der Waals surface area (Å²) < 4.78 is 0. The first-order valence-corrected chi connectivity index (χ1v) is 4.62. The second-order valence-corrected chi connectivity index (χ2v) is 3.62. The van der Waals surface area contributed by atoms with E-state index < -0.39 is 0 Å². The van der Waals surface area contributed by atoms with E-state index in [2.05, 4.69) is 30.8 Å². The Bertz CT molecular complexity index is 423. The molecule has 0 spiro atoms. The van der Waals surface area contributed by atoms with Crippen LogP contribution in [0.15, 0.2) is 36.5 Å². The Labute approximate surface area is 78.9 Å². The minimum atomic E-state index is 0.553. The zero-order valence-electron chi connectivity index (χ0n) is 7.99. The van der Waals surface area contributed by atoms with Gasteiger partial charge in [-0.15, -0.1) is 0 Å². The molecule has 0 aliphatic carbocycles. The molecule has 0 saturated carbocycles. The number of para-hydroxylation sites is 1. The predicted molar refractivity (Wildman–Crippen MR) is 58.9 cm³/mol. The first-order valence-electron chi connectivity index (χ1n) is 4.62. The van der Waals surface area contributed by atoms with Crippen LogP contribution in [0, 0.1) is 0 Å². The van der Waals surface area contributed by atoms with Gasteiger partial charge in [0.2, 0.25) is 0 Å². The molecule has 1 heterocycles. The number of nitrogens with zero attached hydrogens (tertiary/aromatic N) is 1. The second-order valence-electron chi connectivity index (χ2n) is 3.62. The lowest BCUT2D eigenvalue weighted by Gasteiger charge is -2.03. The van der Waals surface area contributed by atoms with E-state index in [0.717, 1.165) is 5.52 Å². The molecule has 0 N–H and O–H groups in total. The number of hydrogen-bond acceptors (Lipinski definition) is 1. The average molecular weight is 169 g/mol. The zero-order valence-corrected chi connectivity index (χ0v) is 7.99. The maximum Gasteiger partial charge on any atom is 0.171 e. The lowest BCUT2D eigenvalue weighted by Crippen LogP contribution is -2.22. The Morgan fingerprint density at radius 3 is 2.69 bits per heavy atom. The third-order valence-electron chi connectivity index (χ3n) is 2.28. The maximum atomic E-state index is 4.40. The van der Waals surface area contributed by atoms with Gasteiger partial charge in [-0.1, -0.05) is 43.4 Å². The fraction of sp³-hybridized carbons (Fsp3) is 0.182. The highest BCUT2D eigenvalue weighted by atomic mass is 14.6. The summed E-state index contributed by atoms with van der Waals surface area (Å²) in [6.07, 6.45) is 1.97. The molecule has 0 aliphatic rings. The summed E-state index contributed by atoms with van der Waals surface area (Å²) >= 11 is 0. The fourth-order valence-electron chi connectivity index (χ4n) is 1.40. The van der Waals surface area contributed by atoms with Crippen LogP contribution in [0.5, 0.6) is 0 Å². The molecule has 1 aromatic carbocycles. The van der Waals surface area contributed by atoms with Crippen LogP contribution in [0.3, 0.4) is 0 Å². The van der Waals surface area contributed by atoms with Crippen LogP contribution in [-0.2, 0) is 0 Å². The van der Waals surface area contributed by atoms with E-state index in [9.17, 15) is 0 Å². The molecule has 0 radical (unpaired) electrons. The standard InChI is InChI=1S/C11H12BN/c1-12(2)10-7-9-5-3-4-6-11(9)13-8-10/h3-8H,1-2H3. The average Bonchev–Trinajstić information content (AvgIpc) is 2.17. The highest BCUT2D eigenvalue weighted by Crippen LogP contribution is 2.08. The van der Waals surface area contributed by atoms with Crippen molar-refractivity contribution in [2.75, 3.05) is 0 Å². The second kappa shape index (κ2) is 3.21. The molecule has 1 nitrogen and oxygen atoms in total. The normalized spacial score (nSPS) is 10.3. The molecule has 2 heteroatoms. The van der Waals surface area contributed by atoms with E-state index in [-0.39, 0.29) is 0 Å². The lowest BCUT2D eigenvalue weighted by atomic mass is 9.50. The summed E-state index contributed by atoms with van der Waals surface area (Å²) in [6.45, 7) is 4.93. The van der Waals surface area contributed by atoms with Crippen molar-refractivity contribution in [3.05, 3.63) is 36.5 Å². The van der Waals surface area contributed by atoms with Crippen molar-refractivity contribution >= 4 is 23.1 Å². The highest BCUT2D eigenvalue weighted by molar-refractivity contribution is 6.70. The van der Waals surface area contributed by atoms with Gasteiger partial charge in [-0.25, -0.2) is 0 Å². The SMILES string of the molecule is CB(C)c1cnc2ccccc2c1. The van der Waals surface area contributed by atoms with Crippen LogP contribution < -0.4 is 5.46 Å². The molecule has 64 valence electrons. The van der Waals surface area contributed by atoms with E-state index in [1.54, 1.807) is 0 Å². The Hall–Kier alpha value is -1.31. The van der Waals surface area contributed by atoms with Crippen molar-refractivity contribution in [1.82, 2.24) is 4.98 Å². The zero-order chi connectivity index (χ0) is 9.26. The Balaban J connectivity index is 2.62. The van der Waals surface area contributed by atoms with Gasteiger partial charge in [0, 0.05) is 6.20 Å². The van der Waals surface area contributed by atoms with Crippen molar-refractivity contribution in [2.45, 2.75) is 13.6 Å². The molecule has 2 aromatic rings. The van der Waals surface area contributed by atoms with Crippen molar-refractivity contribution in [3.63, 3.8) is 0 Å². The van der Waals surface area contributed by atoms with Gasteiger partial charge in [-0.2, -0.15) is 0 Å². The third-order valence-corrected chi connectivity index (χ3v) is 2.28. The Morgan fingerprint density at radius 1 is 1.15 bits per heavy atom. The quantitative estimate of drug-likeness (QED) is 0.596. The van der Waals surface area contributed by atoms with Gasteiger partial charge < -0.3 is 0 Å². The van der Waals surface area contributed by atoms with Crippen molar-refractivity contribution in [1.29, 1.82) is 0 Å². The molecule has 13 heavy (non-hydrogen) atoms. The molecule has 0 bridgehead atoms. The number of fused-ring (bicyclic) bond motifs is 1. The number of rotatable bonds is 1. The number of benzene rings is 1. The molecule has 0 saturated heterocycles. The molecule has 0 fully saturated rings. The molecule has 0 aliphatic heterocycles. The Kier molecular flexibility index (Phi) is 2.05. The van der Waals surface area contributed by atoms with E-state index in [0.29, 0.717) is 6.71 Å². The van der Waals surface area contributed by atoms with Gasteiger partial charge in [0.25, 0.3) is 0 Å². The molecule has 0 amide bonds. The number of aromatic nitrogens is 1. The van der Waals surface area contributed by atoms with Crippen LogP contribution in [0.1, 0.15) is 0 Å². The van der Waals surface area contributed by atoms with E-state index in [1.807, 2.05) is 24.4 Å². The van der Waals surface area contributed by atoms with Crippen molar-refractivity contribution in [3.8, 4) is 0 Å². The molecular weight excluding hydrogens is 157 g/mol. The summed E-state index contributed by atoms with van der Waals surface area (Å²) in [5.74, 6) is 0. The smallest absolute Gasteiger partial charge is 0.171 e. The highest BCUT2D eigenvalue weighted by Gasteiger charge is 2.03. The molecular formula is C11H12BN. The molecule has 1 aromatic heterocycles. The first-order chi connectivity index (χ1) is 6.27. The maximum absolute atomic E-state index is 4.40. The monoisotopic (exact) mass is 169 g/mol. The topological polar surface area (TPSA) is 12.9 Å². The van der Waals surface area contributed by atoms with E-state index in [4.69, 9.17) is 0 Å². The van der Waals surface area contributed by atoms with Gasteiger partial charge >= 0.3 is 0 Å². The van der Waals surface area contributed by atoms with Crippen molar-refractivity contribution in [2.24, 2.45) is 0 Å². The van der Waals surface area contributed by atoms with Crippen LogP contribution >= 0.6 is 0 Å². The predicted octanol–water partition coefficient (Wildman–Crippen LogP) is 2.20. The van der Waals surface area contributed by atoms with E-state index >= 15 is 0 Å². The van der Waals surface area contributed by atoms with Crippen LogP contribution in [-0.4, -0.2) is 11.7 Å². The first kappa shape index (κ1) is 8.30. The fourth-order valence-corrected chi connectivity index (χ4v) is 1.40. The van der Waals surface area contributed by atoms with E-state index in [1.165, 1.54) is 10.8 Å². The van der Waals surface area contributed by atoms with Gasteiger partial charge in [-0.05, 0) is 11.5 Å². The minimum absolute atomic E-state index is 0.553. The molecule has 2 rings (SSSR count). The summed E-state index contributed by atoms with van der Waals surface area (Å²) in [4.78, 5) is 4.40. The number of pyridine rings is 1. The van der Waals surface area contributed by atoms with Gasteiger partial charge in [0.15, 0.2) is 6.71 Å². The van der Waals surface area contributed by atoms with Crippen molar-refractivity contribution < 1.29 is 0 Å². The minimum Gasteiger partial charge on any atom is -0.257 e. The summed E-state index contributed by atoms with van der Waals surface area (Å²) in [5, 5.41) is 1.23. The van der Waals surface area contributed by atoms with Crippen LogP contribution in [0.2, 0.25) is 13.6 Å². The lowest BCUT2D eigenvalue weighted by molar-refractivity contribution is 1.43. The van der Waals surface area contributed by atoms with Crippen LogP contribution in [0.25, 0.3) is 10.9 Å². The summed E-state index contributed by atoms with van der Waals surface area (Å²) in [7, 11) is 0.